The minimum atomic E-state index is -0.816. The Morgan fingerprint density at radius 3 is 2.03 bits per heavy atom. The van der Waals surface area contributed by atoms with Crippen LogP contribution in [0.1, 0.15) is 20.7 Å². The van der Waals surface area contributed by atoms with E-state index in [9.17, 15) is 14.7 Å². The number of rotatable bonds is 7. The Morgan fingerprint density at radius 1 is 0.857 bits per heavy atom. The highest BCUT2D eigenvalue weighted by atomic mass is 16.5. The summed E-state index contributed by atoms with van der Waals surface area (Å²) in [7, 11) is 1.64. The number of carbonyl (C=O) groups excluding carboxylic acids is 2. The van der Waals surface area contributed by atoms with Crippen molar-refractivity contribution in [1.82, 2.24) is 19.8 Å². The number of amides is 2. The van der Waals surface area contributed by atoms with Gasteiger partial charge < -0.3 is 14.7 Å². The molecule has 1 N–H and O–H groups in total. The molecule has 0 saturated carbocycles. The molecule has 0 bridgehead atoms. The number of imide groups is 1. The molecule has 2 amide bonds. The van der Waals surface area contributed by atoms with Crippen LogP contribution in [-0.4, -0.2) is 89.2 Å². The molecule has 2 aliphatic rings. The second-order valence-electron chi connectivity index (χ2n) is 8.71. The molecule has 0 spiro atoms. The number of carbonyl (C=O) groups is 2. The summed E-state index contributed by atoms with van der Waals surface area (Å²) >= 11 is 0. The average molecular weight is 474 g/mol. The summed E-state index contributed by atoms with van der Waals surface area (Å²) in [5.41, 5.74) is 2.76. The first-order chi connectivity index (χ1) is 17.0. The minimum Gasteiger partial charge on any atom is -0.497 e. The zero-order valence-corrected chi connectivity index (χ0v) is 19.5. The molecule has 5 rings (SSSR count). The van der Waals surface area contributed by atoms with E-state index < -0.39 is 6.10 Å². The molecule has 1 saturated heterocycles. The van der Waals surface area contributed by atoms with Crippen LogP contribution in [0.5, 0.6) is 5.75 Å². The molecule has 1 atom stereocenters. The van der Waals surface area contributed by atoms with Gasteiger partial charge in [0.15, 0.2) is 0 Å². The maximum atomic E-state index is 12.5. The van der Waals surface area contributed by atoms with E-state index in [1.165, 1.54) is 0 Å². The summed E-state index contributed by atoms with van der Waals surface area (Å²) in [5.74, 6) is 0.792. The van der Waals surface area contributed by atoms with Gasteiger partial charge in [0.05, 0.1) is 30.9 Å². The average Bonchev–Trinajstić information content (AvgIpc) is 3.14. The second-order valence-corrected chi connectivity index (χ2v) is 8.71. The van der Waals surface area contributed by atoms with Gasteiger partial charge in [-0.15, -0.1) is 0 Å². The van der Waals surface area contributed by atoms with Gasteiger partial charge in [-0.25, -0.2) is 9.97 Å². The van der Waals surface area contributed by atoms with Crippen LogP contribution in [0.25, 0.3) is 11.1 Å². The molecule has 0 aliphatic carbocycles. The summed E-state index contributed by atoms with van der Waals surface area (Å²) in [6.45, 7) is 3.27. The van der Waals surface area contributed by atoms with Gasteiger partial charge in [0, 0.05) is 50.7 Å². The number of piperazine rings is 1. The second kappa shape index (κ2) is 9.81. The maximum absolute atomic E-state index is 12.5. The van der Waals surface area contributed by atoms with Crippen LogP contribution >= 0.6 is 0 Å². The Balaban J connectivity index is 1.12. The number of aliphatic hydroxyl groups is 1. The third kappa shape index (κ3) is 4.73. The normalized spacial score (nSPS) is 17.0. The van der Waals surface area contributed by atoms with Crippen LogP contribution in [0.2, 0.25) is 0 Å². The molecule has 9 nitrogen and oxygen atoms in total. The first-order valence-electron chi connectivity index (χ1n) is 11.6. The lowest BCUT2D eigenvalue weighted by molar-refractivity contribution is 0.0469. The van der Waals surface area contributed by atoms with Crippen LogP contribution in [0.15, 0.2) is 60.9 Å². The van der Waals surface area contributed by atoms with Crippen molar-refractivity contribution in [3.8, 4) is 16.9 Å². The fourth-order valence-corrected chi connectivity index (χ4v) is 4.52. The Kier molecular flexibility index (Phi) is 6.43. The smallest absolute Gasteiger partial charge is 0.261 e. The molecule has 1 fully saturated rings. The lowest BCUT2D eigenvalue weighted by atomic mass is 10.1. The number of anilines is 1. The van der Waals surface area contributed by atoms with E-state index in [1.54, 1.807) is 31.4 Å². The minimum absolute atomic E-state index is 0.0114. The molecule has 1 aromatic heterocycles. The molecule has 2 aliphatic heterocycles. The van der Waals surface area contributed by atoms with Crippen molar-refractivity contribution in [2.75, 3.05) is 51.3 Å². The lowest BCUT2D eigenvalue weighted by Crippen LogP contribution is -2.50. The summed E-state index contributed by atoms with van der Waals surface area (Å²) in [5, 5.41) is 10.6. The third-order valence-electron chi connectivity index (χ3n) is 6.46. The Morgan fingerprint density at radius 2 is 1.46 bits per heavy atom. The van der Waals surface area contributed by atoms with Crippen molar-refractivity contribution in [2.24, 2.45) is 0 Å². The first-order valence-corrected chi connectivity index (χ1v) is 11.6. The van der Waals surface area contributed by atoms with E-state index in [-0.39, 0.29) is 18.4 Å². The van der Waals surface area contributed by atoms with Crippen molar-refractivity contribution >= 4 is 17.8 Å². The Hall–Kier alpha value is -3.82. The molecular formula is C26H27N5O4. The number of aliphatic hydroxyl groups excluding tert-OH is 1. The monoisotopic (exact) mass is 473 g/mol. The van der Waals surface area contributed by atoms with E-state index in [4.69, 9.17) is 4.74 Å². The van der Waals surface area contributed by atoms with Gasteiger partial charge in [0.25, 0.3) is 11.8 Å². The molecule has 9 heteroatoms. The van der Waals surface area contributed by atoms with E-state index in [1.807, 2.05) is 36.7 Å². The highest BCUT2D eigenvalue weighted by molar-refractivity contribution is 6.21. The van der Waals surface area contributed by atoms with Gasteiger partial charge in [0.2, 0.25) is 5.95 Å². The number of β-amino-alcohol motifs (C(OH)–C–C–N with tert-alkyl or cyclic N) is 1. The predicted octanol–water partition coefficient (Wildman–Crippen LogP) is 1.93. The number of nitrogens with zero attached hydrogens (tertiary/aromatic N) is 5. The number of hydrogen-bond donors (Lipinski definition) is 1. The molecular weight excluding hydrogens is 446 g/mol. The highest BCUT2D eigenvalue weighted by Gasteiger charge is 2.36. The third-order valence-corrected chi connectivity index (χ3v) is 6.46. The number of ether oxygens (including phenoxy) is 1. The van der Waals surface area contributed by atoms with Gasteiger partial charge in [0.1, 0.15) is 5.75 Å². The quantitative estimate of drug-likeness (QED) is 0.520. The summed E-state index contributed by atoms with van der Waals surface area (Å²) in [6, 6.07) is 14.5. The summed E-state index contributed by atoms with van der Waals surface area (Å²) in [6.07, 6.45) is 2.83. The van der Waals surface area contributed by atoms with Gasteiger partial charge in [-0.1, -0.05) is 24.3 Å². The van der Waals surface area contributed by atoms with Crippen molar-refractivity contribution in [3.05, 3.63) is 72.1 Å². The zero-order valence-electron chi connectivity index (χ0n) is 19.5. The summed E-state index contributed by atoms with van der Waals surface area (Å²) in [4.78, 5) is 39.5. The van der Waals surface area contributed by atoms with Crippen LogP contribution in [0.3, 0.4) is 0 Å². The van der Waals surface area contributed by atoms with Crippen LogP contribution in [0.4, 0.5) is 5.95 Å². The number of aromatic nitrogens is 2. The van der Waals surface area contributed by atoms with Crippen molar-refractivity contribution in [3.63, 3.8) is 0 Å². The van der Waals surface area contributed by atoms with Gasteiger partial charge in [-0.3, -0.25) is 19.4 Å². The van der Waals surface area contributed by atoms with E-state index in [0.29, 0.717) is 23.6 Å². The topological polar surface area (TPSA) is 99.1 Å². The van der Waals surface area contributed by atoms with E-state index in [2.05, 4.69) is 19.8 Å². The standard InChI is InChI=1S/C26H27N5O4/c1-35-21-8-6-18(7-9-21)19-14-27-26(28-15-19)30-12-10-29(11-13-30)16-20(32)17-31-24(33)22-4-2-3-5-23(22)25(31)34/h2-9,14-15,20,32H,10-13,16-17H2,1H3. The van der Waals surface area contributed by atoms with E-state index >= 15 is 0 Å². The molecule has 1 unspecified atom stereocenters. The molecule has 3 aromatic rings. The molecule has 180 valence electrons. The largest absolute Gasteiger partial charge is 0.497 e. The van der Waals surface area contributed by atoms with E-state index in [0.717, 1.165) is 48.0 Å². The zero-order chi connectivity index (χ0) is 24.4. The highest BCUT2D eigenvalue weighted by Crippen LogP contribution is 2.24. The maximum Gasteiger partial charge on any atom is 0.261 e. The van der Waals surface area contributed by atoms with Crippen molar-refractivity contribution in [1.29, 1.82) is 0 Å². The molecule has 0 radical (unpaired) electrons. The first kappa shape index (κ1) is 22.9. The number of hydrogen-bond acceptors (Lipinski definition) is 8. The van der Waals surface area contributed by atoms with Crippen molar-refractivity contribution in [2.45, 2.75) is 6.10 Å². The van der Waals surface area contributed by atoms with Crippen LogP contribution in [-0.2, 0) is 0 Å². The molecule has 3 heterocycles. The number of methoxy groups -OCH3 is 1. The Labute approximate surface area is 203 Å². The predicted molar refractivity (Wildman–Crippen MR) is 130 cm³/mol. The fraction of sp³-hybridized carbons (Fsp3) is 0.308. The fourth-order valence-electron chi connectivity index (χ4n) is 4.52. The number of fused-ring (bicyclic) bond motifs is 1. The molecule has 35 heavy (non-hydrogen) atoms. The van der Waals surface area contributed by atoms with Crippen LogP contribution in [0, 0.1) is 0 Å². The van der Waals surface area contributed by atoms with Crippen LogP contribution < -0.4 is 9.64 Å². The number of benzene rings is 2. The van der Waals surface area contributed by atoms with Gasteiger partial charge in [-0.2, -0.15) is 0 Å². The Bertz CT molecular complexity index is 1170. The van der Waals surface area contributed by atoms with Crippen molar-refractivity contribution < 1.29 is 19.4 Å². The summed E-state index contributed by atoms with van der Waals surface area (Å²) < 4.78 is 5.20. The SMILES string of the molecule is COc1ccc(-c2cnc(N3CCN(CC(O)CN4C(=O)c5ccccc5C4=O)CC3)nc2)cc1. The molecule has 2 aromatic carbocycles. The van der Waals surface area contributed by atoms with Gasteiger partial charge in [-0.05, 0) is 29.8 Å². The van der Waals surface area contributed by atoms with Gasteiger partial charge >= 0.3 is 0 Å². The lowest BCUT2D eigenvalue weighted by Gasteiger charge is -2.36.